The minimum absolute atomic E-state index is 0.255. The number of amides is 2. The van der Waals surface area contributed by atoms with Crippen molar-refractivity contribution in [1.82, 2.24) is 15.2 Å². The molecule has 27 heavy (non-hydrogen) atoms. The molecule has 0 bridgehead atoms. The zero-order valence-corrected chi connectivity index (χ0v) is 17.1. The van der Waals surface area contributed by atoms with Gasteiger partial charge in [-0.05, 0) is 43.5 Å². The van der Waals surface area contributed by atoms with E-state index < -0.39 is 0 Å². The normalized spacial score (nSPS) is 11.6. The Balaban J connectivity index is 2.03. The van der Waals surface area contributed by atoms with Gasteiger partial charge in [-0.15, -0.1) is 11.3 Å². The van der Waals surface area contributed by atoms with Crippen LogP contribution in [0.4, 0.5) is 0 Å². The predicted octanol–water partition coefficient (Wildman–Crippen LogP) is 1.29. The number of thiophene rings is 1. The summed E-state index contributed by atoms with van der Waals surface area (Å²) >= 11 is 1.35. The summed E-state index contributed by atoms with van der Waals surface area (Å²) in [5.74, 6) is -0.538. The largest absolute Gasteiger partial charge is 0.351 e. The summed E-state index contributed by atoms with van der Waals surface area (Å²) in [6.07, 6.45) is 4.50. The number of carbonyl (C=O) groups is 2. The second-order valence-electron chi connectivity index (χ2n) is 6.35. The molecule has 0 aromatic carbocycles. The van der Waals surface area contributed by atoms with Crippen molar-refractivity contribution in [2.24, 2.45) is 7.05 Å². The van der Waals surface area contributed by atoms with Crippen LogP contribution in [0.15, 0.2) is 41.5 Å². The summed E-state index contributed by atoms with van der Waals surface area (Å²) in [4.78, 5) is 27.1. The number of quaternary nitrogens is 1. The molecule has 7 heteroatoms. The fourth-order valence-electron chi connectivity index (χ4n) is 2.76. The third-order valence-electron chi connectivity index (χ3n) is 4.51. The first-order valence-corrected chi connectivity index (χ1v) is 10.2. The summed E-state index contributed by atoms with van der Waals surface area (Å²) in [6.45, 7) is 8.10. The molecular formula is C20H29N4O2S+. The van der Waals surface area contributed by atoms with E-state index >= 15 is 0 Å². The zero-order chi connectivity index (χ0) is 19.6. The van der Waals surface area contributed by atoms with Crippen LogP contribution in [-0.2, 0) is 11.8 Å². The SMILES string of the molecule is CC[NH+](CC)CCCNC(=O)/C(=C\c1cccn1C)NC(=O)c1cccs1. The number of nitrogens with zero attached hydrogens (tertiary/aromatic N) is 1. The molecule has 2 rings (SSSR count). The molecule has 0 atom stereocenters. The highest BCUT2D eigenvalue weighted by Crippen LogP contribution is 2.11. The van der Waals surface area contributed by atoms with Crippen molar-refractivity contribution >= 4 is 29.2 Å². The summed E-state index contributed by atoms with van der Waals surface area (Å²) < 4.78 is 1.90. The lowest BCUT2D eigenvalue weighted by Crippen LogP contribution is -3.11. The van der Waals surface area contributed by atoms with Gasteiger partial charge in [0.25, 0.3) is 11.8 Å². The Morgan fingerprint density at radius 1 is 1.22 bits per heavy atom. The van der Waals surface area contributed by atoms with E-state index in [0.29, 0.717) is 11.4 Å². The van der Waals surface area contributed by atoms with Crippen LogP contribution in [0.2, 0.25) is 0 Å². The Morgan fingerprint density at radius 3 is 2.59 bits per heavy atom. The maximum atomic E-state index is 12.7. The van der Waals surface area contributed by atoms with Crippen LogP contribution >= 0.6 is 11.3 Å². The third-order valence-corrected chi connectivity index (χ3v) is 5.38. The first kappa shape index (κ1) is 20.9. The van der Waals surface area contributed by atoms with E-state index in [1.54, 1.807) is 12.1 Å². The van der Waals surface area contributed by atoms with Gasteiger partial charge in [0.05, 0.1) is 24.5 Å². The number of aryl methyl sites for hydroxylation is 1. The smallest absolute Gasteiger partial charge is 0.267 e. The summed E-state index contributed by atoms with van der Waals surface area (Å²) in [5.41, 5.74) is 1.10. The Bertz CT molecular complexity index is 761. The van der Waals surface area contributed by atoms with E-state index in [-0.39, 0.29) is 17.5 Å². The zero-order valence-electron chi connectivity index (χ0n) is 16.2. The molecule has 2 aromatic rings. The minimum atomic E-state index is -0.270. The molecule has 0 saturated heterocycles. The average molecular weight is 390 g/mol. The molecule has 0 aliphatic rings. The molecule has 6 nitrogen and oxygen atoms in total. The van der Waals surface area contributed by atoms with Crippen molar-refractivity contribution in [2.75, 3.05) is 26.2 Å². The summed E-state index contributed by atoms with van der Waals surface area (Å²) in [5, 5.41) is 7.52. The number of nitrogens with one attached hydrogen (secondary N) is 3. The van der Waals surface area contributed by atoms with E-state index in [9.17, 15) is 9.59 Å². The van der Waals surface area contributed by atoms with Crippen molar-refractivity contribution in [3.8, 4) is 0 Å². The van der Waals surface area contributed by atoms with Gasteiger partial charge in [-0.1, -0.05) is 6.07 Å². The van der Waals surface area contributed by atoms with Crippen LogP contribution in [0.25, 0.3) is 6.08 Å². The van der Waals surface area contributed by atoms with Crippen LogP contribution in [0.1, 0.15) is 35.6 Å². The maximum absolute atomic E-state index is 12.7. The lowest BCUT2D eigenvalue weighted by atomic mass is 10.2. The van der Waals surface area contributed by atoms with Crippen LogP contribution in [0, 0.1) is 0 Å². The molecule has 2 amide bonds. The molecule has 0 radical (unpaired) electrons. The van der Waals surface area contributed by atoms with E-state index in [4.69, 9.17) is 0 Å². The average Bonchev–Trinajstić information content (AvgIpc) is 3.33. The Morgan fingerprint density at radius 2 is 2.00 bits per heavy atom. The van der Waals surface area contributed by atoms with Gasteiger partial charge in [0, 0.05) is 31.9 Å². The Labute approximate surface area is 164 Å². The minimum Gasteiger partial charge on any atom is -0.351 e. The van der Waals surface area contributed by atoms with Crippen molar-refractivity contribution in [3.63, 3.8) is 0 Å². The van der Waals surface area contributed by atoms with Crippen LogP contribution in [0.5, 0.6) is 0 Å². The summed E-state index contributed by atoms with van der Waals surface area (Å²) in [7, 11) is 1.90. The van der Waals surface area contributed by atoms with Gasteiger partial charge in [0.15, 0.2) is 0 Å². The molecule has 0 aliphatic heterocycles. The van der Waals surface area contributed by atoms with Gasteiger partial charge in [-0.3, -0.25) is 9.59 Å². The molecule has 3 N–H and O–H groups in total. The number of hydrogen-bond donors (Lipinski definition) is 3. The predicted molar refractivity (Wildman–Crippen MR) is 110 cm³/mol. The third kappa shape index (κ3) is 6.37. The molecule has 2 heterocycles. The molecule has 0 spiro atoms. The fraction of sp³-hybridized carbons (Fsp3) is 0.400. The van der Waals surface area contributed by atoms with E-state index in [2.05, 4.69) is 24.5 Å². The Hall–Kier alpha value is -2.38. The number of aromatic nitrogens is 1. The molecule has 0 saturated carbocycles. The van der Waals surface area contributed by atoms with E-state index in [1.807, 2.05) is 41.4 Å². The number of carbonyl (C=O) groups excluding carboxylic acids is 2. The molecule has 146 valence electrons. The first-order valence-electron chi connectivity index (χ1n) is 9.34. The lowest BCUT2D eigenvalue weighted by molar-refractivity contribution is -0.896. The summed E-state index contributed by atoms with van der Waals surface area (Å²) in [6, 6.07) is 7.35. The second kappa shape index (κ2) is 10.7. The van der Waals surface area contributed by atoms with Crippen LogP contribution in [0.3, 0.4) is 0 Å². The molecule has 0 fully saturated rings. The molecule has 0 unspecified atom stereocenters. The maximum Gasteiger partial charge on any atom is 0.267 e. The second-order valence-corrected chi connectivity index (χ2v) is 7.30. The van der Waals surface area contributed by atoms with Gasteiger partial charge in [-0.2, -0.15) is 0 Å². The molecular weight excluding hydrogens is 360 g/mol. The molecule has 0 aliphatic carbocycles. The standard InChI is InChI=1S/C20H28N4O2S/c1-4-24(5-2)13-8-11-21-19(25)17(15-16-9-6-12-23(16)3)22-20(26)18-10-7-14-27-18/h6-7,9-10,12,14-15H,4-5,8,11,13H2,1-3H3,(H,21,25)(H,22,26)/p+1/b17-15+. The van der Waals surface area contributed by atoms with Crippen molar-refractivity contribution < 1.29 is 14.5 Å². The number of rotatable bonds is 10. The van der Waals surface area contributed by atoms with Crippen molar-refractivity contribution in [3.05, 3.63) is 52.1 Å². The van der Waals surface area contributed by atoms with Gasteiger partial charge in [-0.25, -0.2) is 0 Å². The van der Waals surface area contributed by atoms with Gasteiger partial charge >= 0.3 is 0 Å². The first-order chi connectivity index (χ1) is 13.0. The highest BCUT2D eigenvalue weighted by molar-refractivity contribution is 7.12. The topological polar surface area (TPSA) is 67.6 Å². The van der Waals surface area contributed by atoms with Crippen LogP contribution < -0.4 is 15.5 Å². The van der Waals surface area contributed by atoms with E-state index in [0.717, 1.165) is 31.7 Å². The molecule has 2 aromatic heterocycles. The lowest BCUT2D eigenvalue weighted by Gasteiger charge is -2.15. The monoisotopic (exact) mass is 389 g/mol. The van der Waals surface area contributed by atoms with Crippen molar-refractivity contribution in [2.45, 2.75) is 20.3 Å². The van der Waals surface area contributed by atoms with Gasteiger partial charge in [0.1, 0.15) is 5.70 Å². The van der Waals surface area contributed by atoms with Gasteiger partial charge in [0.2, 0.25) is 0 Å². The quantitative estimate of drug-likeness (QED) is 0.423. The highest BCUT2D eigenvalue weighted by atomic mass is 32.1. The Kier molecular flexibility index (Phi) is 8.29. The highest BCUT2D eigenvalue weighted by Gasteiger charge is 2.15. The van der Waals surface area contributed by atoms with Gasteiger partial charge < -0.3 is 20.1 Å². The fourth-order valence-corrected chi connectivity index (χ4v) is 3.38. The van der Waals surface area contributed by atoms with Crippen LogP contribution in [-0.4, -0.2) is 42.6 Å². The van der Waals surface area contributed by atoms with E-state index in [1.165, 1.54) is 16.2 Å². The van der Waals surface area contributed by atoms with Crippen molar-refractivity contribution in [1.29, 1.82) is 0 Å². The number of hydrogen-bond acceptors (Lipinski definition) is 3.